The molecule has 0 fully saturated rings. The molecule has 15 heavy (non-hydrogen) atoms. The summed E-state index contributed by atoms with van der Waals surface area (Å²) in [5, 5.41) is 5.13. The molecule has 0 aliphatic carbocycles. The van der Waals surface area contributed by atoms with Gasteiger partial charge < -0.3 is 5.32 Å². The number of benzene rings is 1. The van der Waals surface area contributed by atoms with Crippen LogP contribution in [0.4, 0.5) is 0 Å². The summed E-state index contributed by atoms with van der Waals surface area (Å²) in [6.07, 6.45) is 0. The molecular formula is C11H12Cl3N. The normalized spacial score (nSPS) is 12.5. The predicted octanol–water partition coefficient (Wildman–Crippen LogP) is 4.40. The summed E-state index contributed by atoms with van der Waals surface area (Å²) in [5.74, 6) is 0. The van der Waals surface area contributed by atoms with Gasteiger partial charge in [-0.25, -0.2) is 0 Å². The zero-order chi connectivity index (χ0) is 11.4. The summed E-state index contributed by atoms with van der Waals surface area (Å²) in [7, 11) is 0. The second kappa shape index (κ2) is 5.76. The number of nitrogens with one attached hydrogen (secondary N) is 1. The van der Waals surface area contributed by atoms with E-state index < -0.39 is 0 Å². The third-order valence-corrected chi connectivity index (χ3v) is 2.74. The van der Waals surface area contributed by atoms with Crippen LogP contribution in [0.2, 0.25) is 10.0 Å². The van der Waals surface area contributed by atoms with E-state index in [2.05, 4.69) is 11.9 Å². The van der Waals surface area contributed by atoms with Gasteiger partial charge in [0.25, 0.3) is 0 Å². The quantitative estimate of drug-likeness (QED) is 0.850. The third-order valence-electron chi connectivity index (χ3n) is 2.02. The molecule has 1 atom stereocenters. The zero-order valence-electron chi connectivity index (χ0n) is 8.36. The fourth-order valence-corrected chi connectivity index (χ4v) is 1.76. The number of halogens is 3. The Balaban J connectivity index is 2.76. The lowest BCUT2D eigenvalue weighted by molar-refractivity contribution is 0.615. The zero-order valence-corrected chi connectivity index (χ0v) is 10.6. The first-order valence-electron chi connectivity index (χ1n) is 4.52. The summed E-state index contributed by atoms with van der Waals surface area (Å²) in [4.78, 5) is 0. The second-order valence-electron chi connectivity index (χ2n) is 3.29. The van der Waals surface area contributed by atoms with Crippen LogP contribution in [-0.4, -0.2) is 6.54 Å². The Bertz CT molecular complexity index is 363. The van der Waals surface area contributed by atoms with Crippen LogP contribution in [0.25, 0.3) is 0 Å². The van der Waals surface area contributed by atoms with Crippen molar-refractivity contribution in [3.05, 3.63) is 45.4 Å². The number of rotatable bonds is 4. The molecule has 1 unspecified atom stereocenters. The lowest BCUT2D eigenvalue weighted by Crippen LogP contribution is -2.20. The first kappa shape index (κ1) is 12.9. The van der Waals surface area contributed by atoms with E-state index in [4.69, 9.17) is 34.8 Å². The van der Waals surface area contributed by atoms with Gasteiger partial charge in [-0.1, -0.05) is 41.4 Å². The van der Waals surface area contributed by atoms with E-state index >= 15 is 0 Å². The van der Waals surface area contributed by atoms with Gasteiger partial charge in [-0.2, -0.15) is 0 Å². The highest BCUT2D eigenvalue weighted by Crippen LogP contribution is 2.26. The van der Waals surface area contributed by atoms with Crippen LogP contribution < -0.4 is 5.32 Å². The van der Waals surface area contributed by atoms with Crippen molar-refractivity contribution in [1.29, 1.82) is 0 Å². The molecule has 0 aliphatic heterocycles. The third kappa shape index (κ3) is 4.04. The van der Waals surface area contributed by atoms with Crippen molar-refractivity contribution in [2.75, 3.05) is 6.54 Å². The molecule has 1 rings (SSSR count). The SMILES string of the molecule is C=C(Cl)CNC(C)c1cc(Cl)ccc1Cl. The molecular weight excluding hydrogens is 252 g/mol. The van der Waals surface area contributed by atoms with Crippen LogP contribution in [-0.2, 0) is 0 Å². The summed E-state index contributed by atoms with van der Waals surface area (Å²) in [5.41, 5.74) is 0.960. The van der Waals surface area contributed by atoms with E-state index in [9.17, 15) is 0 Å². The van der Waals surface area contributed by atoms with Crippen molar-refractivity contribution in [3.63, 3.8) is 0 Å². The van der Waals surface area contributed by atoms with Gasteiger partial charge >= 0.3 is 0 Å². The average molecular weight is 265 g/mol. The molecule has 1 aromatic carbocycles. The van der Waals surface area contributed by atoms with E-state index in [1.165, 1.54) is 0 Å². The summed E-state index contributed by atoms with van der Waals surface area (Å²) in [6.45, 7) is 6.15. The molecule has 0 aliphatic rings. The van der Waals surface area contributed by atoms with Crippen LogP contribution in [0.1, 0.15) is 18.5 Å². The maximum Gasteiger partial charge on any atom is 0.0454 e. The first-order valence-corrected chi connectivity index (χ1v) is 5.65. The highest BCUT2D eigenvalue weighted by molar-refractivity contribution is 6.33. The molecule has 1 N–H and O–H groups in total. The fourth-order valence-electron chi connectivity index (χ4n) is 1.22. The Morgan fingerprint density at radius 1 is 1.47 bits per heavy atom. The molecule has 0 saturated carbocycles. The van der Waals surface area contributed by atoms with Crippen molar-refractivity contribution in [2.45, 2.75) is 13.0 Å². The lowest BCUT2D eigenvalue weighted by atomic mass is 10.1. The van der Waals surface area contributed by atoms with E-state index in [0.717, 1.165) is 5.56 Å². The standard InChI is InChI=1S/C11H12Cl3N/c1-7(12)6-15-8(2)10-5-9(13)3-4-11(10)14/h3-5,8,15H,1,6H2,2H3. The Labute approximate surface area is 105 Å². The second-order valence-corrected chi connectivity index (χ2v) is 4.66. The summed E-state index contributed by atoms with van der Waals surface area (Å²) >= 11 is 17.6. The predicted molar refractivity (Wildman–Crippen MR) is 67.9 cm³/mol. The molecule has 4 heteroatoms. The minimum absolute atomic E-state index is 0.0895. The Morgan fingerprint density at radius 2 is 2.13 bits per heavy atom. The maximum atomic E-state index is 6.05. The van der Waals surface area contributed by atoms with Gasteiger partial charge in [0.15, 0.2) is 0 Å². The van der Waals surface area contributed by atoms with Gasteiger partial charge in [-0.3, -0.25) is 0 Å². The molecule has 0 bridgehead atoms. The van der Waals surface area contributed by atoms with Crippen LogP contribution in [0.15, 0.2) is 29.8 Å². The molecule has 1 aromatic rings. The minimum atomic E-state index is 0.0895. The summed E-state index contributed by atoms with van der Waals surface area (Å²) in [6, 6.07) is 5.48. The van der Waals surface area contributed by atoms with Crippen LogP contribution in [0.5, 0.6) is 0 Å². The molecule has 0 spiro atoms. The largest absolute Gasteiger partial charge is 0.305 e. The smallest absolute Gasteiger partial charge is 0.0454 e. The average Bonchev–Trinajstić information content (AvgIpc) is 2.18. The topological polar surface area (TPSA) is 12.0 Å². The van der Waals surface area contributed by atoms with Crippen LogP contribution in [0, 0.1) is 0 Å². The Kier molecular flexibility index (Phi) is 4.94. The first-order chi connectivity index (χ1) is 7.00. The molecule has 0 aromatic heterocycles. The maximum absolute atomic E-state index is 6.05. The molecule has 0 radical (unpaired) electrons. The molecule has 0 amide bonds. The fraction of sp³-hybridized carbons (Fsp3) is 0.273. The van der Waals surface area contributed by atoms with E-state index in [-0.39, 0.29) is 6.04 Å². The Morgan fingerprint density at radius 3 is 2.73 bits per heavy atom. The van der Waals surface area contributed by atoms with Crippen molar-refractivity contribution in [2.24, 2.45) is 0 Å². The molecule has 0 saturated heterocycles. The number of hydrogen-bond acceptors (Lipinski definition) is 1. The van der Waals surface area contributed by atoms with Gasteiger partial charge in [-0.05, 0) is 30.7 Å². The van der Waals surface area contributed by atoms with Crippen molar-refractivity contribution in [1.82, 2.24) is 5.32 Å². The van der Waals surface area contributed by atoms with E-state index in [1.807, 2.05) is 13.0 Å². The molecule has 82 valence electrons. The van der Waals surface area contributed by atoms with Crippen molar-refractivity contribution < 1.29 is 0 Å². The lowest BCUT2D eigenvalue weighted by Gasteiger charge is -2.15. The highest BCUT2D eigenvalue weighted by atomic mass is 35.5. The summed E-state index contributed by atoms with van der Waals surface area (Å²) < 4.78 is 0. The van der Waals surface area contributed by atoms with Gasteiger partial charge in [0.2, 0.25) is 0 Å². The van der Waals surface area contributed by atoms with Crippen LogP contribution in [0.3, 0.4) is 0 Å². The molecule has 0 heterocycles. The van der Waals surface area contributed by atoms with Gasteiger partial charge in [0.1, 0.15) is 0 Å². The van der Waals surface area contributed by atoms with Crippen LogP contribution >= 0.6 is 34.8 Å². The molecule has 1 nitrogen and oxygen atoms in total. The van der Waals surface area contributed by atoms with Gasteiger partial charge in [-0.15, -0.1) is 0 Å². The monoisotopic (exact) mass is 263 g/mol. The van der Waals surface area contributed by atoms with Crippen molar-refractivity contribution in [3.8, 4) is 0 Å². The van der Waals surface area contributed by atoms with E-state index in [1.54, 1.807) is 12.1 Å². The van der Waals surface area contributed by atoms with E-state index in [0.29, 0.717) is 21.6 Å². The minimum Gasteiger partial charge on any atom is -0.305 e. The van der Waals surface area contributed by atoms with Gasteiger partial charge in [0.05, 0.1) is 0 Å². The highest BCUT2D eigenvalue weighted by Gasteiger charge is 2.09. The Hall–Kier alpha value is -0.210. The van der Waals surface area contributed by atoms with Gasteiger partial charge in [0, 0.05) is 27.7 Å². The number of hydrogen-bond donors (Lipinski definition) is 1. The van der Waals surface area contributed by atoms with Crippen molar-refractivity contribution >= 4 is 34.8 Å².